The molecule has 1 aromatic carbocycles. The van der Waals surface area contributed by atoms with Crippen molar-refractivity contribution in [1.82, 2.24) is 0 Å². The molecular weight excluding hydrogens is 277 g/mol. The van der Waals surface area contributed by atoms with E-state index < -0.39 is 13.0 Å². The van der Waals surface area contributed by atoms with Gasteiger partial charge in [-0.3, -0.25) is 0 Å². The molecule has 0 spiro atoms. The second-order valence-electron chi connectivity index (χ2n) is 3.05. The van der Waals surface area contributed by atoms with Crippen molar-refractivity contribution in [1.29, 1.82) is 0 Å². The van der Waals surface area contributed by atoms with E-state index in [9.17, 15) is 8.96 Å². The Hall–Kier alpha value is 0.150. The Morgan fingerprint density at radius 3 is 2.46 bits per heavy atom. The fourth-order valence-corrected chi connectivity index (χ4v) is 2.49. The molecule has 0 bridgehead atoms. The zero-order valence-electron chi connectivity index (χ0n) is 7.14. The van der Waals surface area contributed by atoms with Crippen LogP contribution in [-0.4, -0.2) is 13.3 Å². The molecular formula is C8H8BrClFOP. The zero-order chi connectivity index (χ0) is 10.2. The summed E-state index contributed by atoms with van der Waals surface area (Å²) in [7, 11) is -2.58. The van der Waals surface area contributed by atoms with Crippen molar-refractivity contribution < 1.29 is 8.96 Å². The summed E-state index contributed by atoms with van der Waals surface area (Å²) in [6.07, 6.45) is 0. The van der Waals surface area contributed by atoms with E-state index in [0.29, 0.717) is 4.47 Å². The Balaban J connectivity index is 3.44. The maximum Gasteiger partial charge on any atom is 0.153 e. The lowest BCUT2D eigenvalue weighted by Gasteiger charge is -2.09. The first kappa shape index (κ1) is 11.2. The number of hydrogen-bond donors (Lipinski definition) is 0. The second-order valence-corrected chi connectivity index (χ2v) is 7.46. The van der Waals surface area contributed by atoms with Crippen molar-refractivity contribution in [3.63, 3.8) is 0 Å². The number of hydrogen-bond acceptors (Lipinski definition) is 1. The second kappa shape index (κ2) is 3.72. The SMILES string of the molecule is CP(C)(=O)c1ccc(Br)c(Cl)c1F. The van der Waals surface area contributed by atoms with E-state index in [1.807, 2.05) is 0 Å². The zero-order valence-corrected chi connectivity index (χ0v) is 10.4. The van der Waals surface area contributed by atoms with Gasteiger partial charge in [-0.15, -0.1) is 0 Å². The molecule has 0 saturated carbocycles. The predicted octanol–water partition coefficient (Wildman–Crippen LogP) is 3.49. The predicted molar refractivity (Wildman–Crippen MR) is 58.2 cm³/mol. The minimum atomic E-state index is -2.58. The Morgan fingerprint density at radius 2 is 2.00 bits per heavy atom. The summed E-state index contributed by atoms with van der Waals surface area (Å²) in [6.45, 7) is 3.02. The van der Waals surface area contributed by atoms with Crippen LogP contribution in [0.25, 0.3) is 0 Å². The number of halogens is 3. The van der Waals surface area contributed by atoms with Crippen LogP contribution >= 0.6 is 34.7 Å². The fraction of sp³-hybridized carbons (Fsp3) is 0.250. The van der Waals surface area contributed by atoms with Crippen molar-refractivity contribution in [3.05, 3.63) is 27.4 Å². The van der Waals surface area contributed by atoms with Gasteiger partial charge in [-0.25, -0.2) is 4.39 Å². The van der Waals surface area contributed by atoms with Gasteiger partial charge in [0.25, 0.3) is 0 Å². The molecule has 0 N–H and O–H groups in total. The summed E-state index contributed by atoms with van der Waals surface area (Å²) < 4.78 is 25.5. The molecule has 0 aromatic heterocycles. The van der Waals surface area contributed by atoms with Crippen LogP contribution in [0.3, 0.4) is 0 Å². The minimum Gasteiger partial charge on any atom is -0.319 e. The molecule has 1 aromatic rings. The van der Waals surface area contributed by atoms with Gasteiger partial charge in [0.15, 0.2) is 5.82 Å². The topological polar surface area (TPSA) is 17.1 Å². The number of rotatable bonds is 1. The van der Waals surface area contributed by atoms with Crippen LogP contribution in [0.4, 0.5) is 4.39 Å². The maximum atomic E-state index is 13.4. The highest BCUT2D eigenvalue weighted by Crippen LogP contribution is 2.38. The summed E-state index contributed by atoms with van der Waals surface area (Å²) in [6, 6.07) is 3.09. The molecule has 0 aliphatic rings. The lowest BCUT2D eigenvalue weighted by molar-refractivity contribution is 0.584. The Bertz CT molecular complexity index is 388. The third kappa shape index (κ3) is 2.34. The number of benzene rings is 1. The molecule has 0 aliphatic heterocycles. The van der Waals surface area contributed by atoms with Gasteiger partial charge in [-0.05, 0) is 41.4 Å². The molecule has 5 heteroatoms. The summed E-state index contributed by atoms with van der Waals surface area (Å²) in [5.41, 5.74) is 0. The van der Waals surface area contributed by atoms with Gasteiger partial charge in [-0.2, -0.15) is 0 Å². The van der Waals surface area contributed by atoms with Crippen molar-refractivity contribution in [2.45, 2.75) is 0 Å². The van der Waals surface area contributed by atoms with Gasteiger partial charge in [0.1, 0.15) is 7.14 Å². The maximum absolute atomic E-state index is 13.4. The van der Waals surface area contributed by atoms with E-state index in [-0.39, 0.29) is 10.3 Å². The van der Waals surface area contributed by atoms with Gasteiger partial charge in [0, 0.05) is 9.78 Å². The highest BCUT2D eigenvalue weighted by atomic mass is 79.9. The summed E-state index contributed by atoms with van der Waals surface area (Å²) in [5, 5.41) is 0.183. The van der Waals surface area contributed by atoms with Crippen LogP contribution in [0.2, 0.25) is 5.02 Å². The van der Waals surface area contributed by atoms with Crippen molar-refractivity contribution in [2.75, 3.05) is 13.3 Å². The van der Waals surface area contributed by atoms with E-state index in [0.717, 1.165) is 0 Å². The van der Waals surface area contributed by atoms with Gasteiger partial charge in [-0.1, -0.05) is 11.6 Å². The first-order chi connectivity index (χ1) is 5.84. The molecule has 13 heavy (non-hydrogen) atoms. The highest BCUT2D eigenvalue weighted by Gasteiger charge is 2.19. The first-order valence-electron chi connectivity index (χ1n) is 3.53. The largest absolute Gasteiger partial charge is 0.319 e. The lowest BCUT2D eigenvalue weighted by Crippen LogP contribution is -2.08. The van der Waals surface area contributed by atoms with Crippen molar-refractivity contribution in [3.8, 4) is 0 Å². The molecule has 0 aliphatic carbocycles. The molecule has 0 saturated heterocycles. The molecule has 0 atom stereocenters. The Kier molecular flexibility index (Phi) is 3.21. The quantitative estimate of drug-likeness (QED) is 0.570. The van der Waals surface area contributed by atoms with Gasteiger partial charge in [0.2, 0.25) is 0 Å². The van der Waals surface area contributed by atoms with Crippen molar-refractivity contribution in [2.24, 2.45) is 0 Å². The Labute approximate surface area is 89.8 Å². The van der Waals surface area contributed by atoms with Crippen LogP contribution in [0.15, 0.2) is 16.6 Å². The molecule has 0 fully saturated rings. The van der Waals surface area contributed by atoms with Crippen molar-refractivity contribution >= 4 is 40.0 Å². The fourth-order valence-electron chi connectivity index (χ4n) is 0.932. The van der Waals surface area contributed by atoms with Gasteiger partial charge < -0.3 is 4.57 Å². The highest BCUT2D eigenvalue weighted by molar-refractivity contribution is 9.10. The van der Waals surface area contributed by atoms with Crippen LogP contribution in [0.5, 0.6) is 0 Å². The van der Waals surface area contributed by atoms with Crippen LogP contribution in [0.1, 0.15) is 0 Å². The molecule has 0 amide bonds. The van der Waals surface area contributed by atoms with E-state index in [2.05, 4.69) is 15.9 Å². The first-order valence-corrected chi connectivity index (χ1v) is 7.30. The molecule has 0 radical (unpaired) electrons. The van der Waals surface area contributed by atoms with Crippen LogP contribution < -0.4 is 5.30 Å². The third-order valence-electron chi connectivity index (χ3n) is 1.59. The lowest BCUT2D eigenvalue weighted by atomic mass is 10.3. The summed E-state index contributed by atoms with van der Waals surface area (Å²) >= 11 is 8.73. The minimum absolute atomic E-state index is 0.0126. The van der Waals surface area contributed by atoms with Crippen LogP contribution in [0, 0.1) is 5.82 Å². The van der Waals surface area contributed by atoms with E-state index in [1.165, 1.54) is 19.4 Å². The molecule has 72 valence electrons. The van der Waals surface area contributed by atoms with Crippen LogP contribution in [-0.2, 0) is 4.57 Å². The van der Waals surface area contributed by atoms with E-state index >= 15 is 0 Å². The molecule has 1 nitrogen and oxygen atoms in total. The third-order valence-corrected chi connectivity index (χ3v) is 4.36. The van der Waals surface area contributed by atoms with Gasteiger partial charge >= 0.3 is 0 Å². The average Bonchev–Trinajstić information content (AvgIpc) is 1.98. The van der Waals surface area contributed by atoms with Gasteiger partial charge in [0.05, 0.1) is 5.02 Å². The summed E-state index contributed by atoms with van der Waals surface area (Å²) in [5.74, 6) is -0.593. The Morgan fingerprint density at radius 1 is 1.46 bits per heavy atom. The van der Waals surface area contributed by atoms with E-state index in [4.69, 9.17) is 11.6 Å². The molecule has 0 heterocycles. The monoisotopic (exact) mass is 284 g/mol. The normalized spacial score (nSPS) is 11.8. The standard InChI is InChI=1S/C8H8BrClFOP/c1-13(2,12)6-4-3-5(9)7(10)8(6)11/h3-4H,1-2H3. The molecule has 0 unspecified atom stereocenters. The summed E-state index contributed by atoms with van der Waals surface area (Å²) in [4.78, 5) is 0. The average molecular weight is 285 g/mol. The molecule has 1 rings (SSSR count). The smallest absolute Gasteiger partial charge is 0.153 e. The van der Waals surface area contributed by atoms with E-state index in [1.54, 1.807) is 6.07 Å².